The van der Waals surface area contributed by atoms with Crippen LogP contribution < -0.4 is 4.90 Å². The first-order valence-corrected chi connectivity index (χ1v) is 16.2. The van der Waals surface area contributed by atoms with E-state index < -0.39 is 0 Å². The first kappa shape index (κ1) is 31.1. The van der Waals surface area contributed by atoms with Crippen molar-refractivity contribution in [3.63, 3.8) is 0 Å². The van der Waals surface area contributed by atoms with Gasteiger partial charge in [0.15, 0.2) is 0 Å². The molecule has 1 aliphatic rings. The molecule has 0 aromatic heterocycles. The third kappa shape index (κ3) is 12.5. The average Bonchev–Trinajstić information content (AvgIpc) is 2.96. The summed E-state index contributed by atoms with van der Waals surface area (Å²) in [7, 11) is 4.18. The van der Waals surface area contributed by atoms with Crippen LogP contribution in [-0.2, 0) is 0 Å². The van der Waals surface area contributed by atoms with Gasteiger partial charge in [0.2, 0.25) is 0 Å². The predicted molar refractivity (Wildman–Crippen MR) is 176 cm³/mol. The van der Waals surface area contributed by atoms with Crippen molar-refractivity contribution in [2.75, 3.05) is 32.1 Å². The second kappa shape index (κ2) is 18.7. The minimum atomic E-state index is 1.03. The summed E-state index contributed by atoms with van der Waals surface area (Å²) in [6.07, 6.45) is 34.3. The maximum Gasteiger partial charge on any atom is 0.0367 e. The third-order valence-electron chi connectivity index (χ3n) is 8.17. The van der Waals surface area contributed by atoms with Gasteiger partial charge in [-0.25, -0.2) is 0 Å². The lowest BCUT2D eigenvalue weighted by Gasteiger charge is -2.22. The Labute approximate surface area is 240 Å². The molecule has 0 saturated heterocycles. The van der Waals surface area contributed by atoms with Crippen LogP contribution in [0.4, 0.5) is 5.69 Å². The van der Waals surface area contributed by atoms with Crippen LogP contribution in [0.15, 0.2) is 66.4 Å². The Hall–Kier alpha value is -2.48. The molecule has 0 bridgehead atoms. The van der Waals surface area contributed by atoms with Crippen LogP contribution in [-0.4, -0.2) is 32.1 Å². The lowest BCUT2D eigenvalue weighted by atomic mass is 10.0. The minimum Gasteiger partial charge on any atom is -0.378 e. The molecular weight excluding hydrogens is 472 g/mol. The van der Waals surface area contributed by atoms with E-state index in [0.717, 1.165) is 6.54 Å². The predicted octanol–water partition coefficient (Wildman–Crippen LogP) is 10.9. The molecule has 0 unspecified atom stereocenters. The van der Waals surface area contributed by atoms with Crippen molar-refractivity contribution < 1.29 is 0 Å². The van der Waals surface area contributed by atoms with Gasteiger partial charge in [-0.1, -0.05) is 140 Å². The molecule has 1 heterocycles. The maximum absolute atomic E-state index is 2.46. The molecule has 0 spiro atoms. The van der Waals surface area contributed by atoms with Crippen molar-refractivity contribution in [1.29, 1.82) is 0 Å². The molecule has 0 atom stereocenters. The molecule has 2 aromatic rings. The molecule has 0 fully saturated rings. The van der Waals surface area contributed by atoms with Gasteiger partial charge in [-0.15, -0.1) is 0 Å². The zero-order chi connectivity index (χ0) is 27.5. The molecule has 39 heavy (non-hydrogen) atoms. The molecule has 214 valence electrons. The van der Waals surface area contributed by atoms with Gasteiger partial charge in [0, 0.05) is 32.9 Å². The van der Waals surface area contributed by atoms with Crippen molar-refractivity contribution in [3.8, 4) is 0 Å². The Kier molecular flexibility index (Phi) is 14.9. The smallest absolute Gasteiger partial charge is 0.0367 e. The molecule has 1 aliphatic heterocycles. The van der Waals surface area contributed by atoms with Gasteiger partial charge in [0.1, 0.15) is 0 Å². The Morgan fingerprint density at radius 2 is 1.23 bits per heavy atom. The fraction of sp³-hybridized carbons (Fsp3) is 0.568. The van der Waals surface area contributed by atoms with Gasteiger partial charge in [0.25, 0.3) is 0 Å². The zero-order valence-electron chi connectivity index (χ0n) is 25.5. The average molecular weight is 529 g/mol. The largest absolute Gasteiger partial charge is 0.378 e. The fourth-order valence-electron chi connectivity index (χ4n) is 5.52. The summed E-state index contributed by atoms with van der Waals surface area (Å²) in [6.45, 7) is 4.51. The van der Waals surface area contributed by atoms with E-state index in [1.165, 1.54) is 137 Å². The van der Waals surface area contributed by atoms with Crippen LogP contribution >= 0.6 is 0 Å². The maximum atomic E-state index is 2.46. The number of nitrogens with zero attached hydrogens (tertiary/aromatic N) is 2. The standard InChI is InChI=1S/C37H56N2/c1-4-5-6-7-8-9-10-11-12-13-14-15-16-17-18-19-28-39-29-26-33(27-30-39)20-21-34-22-23-36-32-37(38(2)3)25-24-35(36)31-34/h20-27,29,31-32H,4-19,28,30H2,1-3H3/b21-20+. The SMILES string of the molecule is CCCCCCCCCCCCCCCCCCN1C=CC(/C=C/c2ccc3cc(N(C)C)ccc3c2)=CC1. The number of fused-ring (bicyclic) bond motifs is 1. The lowest BCUT2D eigenvalue weighted by Crippen LogP contribution is -2.20. The number of benzene rings is 2. The Morgan fingerprint density at radius 1 is 0.667 bits per heavy atom. The van der Waals surface area contributed by atoms with Gasteiger partial charge >= 0.3 is 0 Å². The molecule has 0 saturated carbocycles. The van der Waals surface area contributed by atoms with Gasteiger partial charge in [-0.05, 0) is 58.8 Å². The monoisotopic (exact) mass is 528 g/mol. The van der Waals surface area contributed by atoms with E-state index in [1.54, 1.807) is 0 Å². The molecule has 2 heteroatoms. The van der Waals surface area contributed by atoms with Crippen molar-refractivity contribution in [1.82, 2.24) is 4.90 Å². The highest BCUT2D eigenvalue weighted by Crippen LogP contribution is 2.23. The van der Waals surface area contributed by atoms with Crippen molar-refractivity contribution in [3.05, 3.63) is 72.0 Å². The normalized spacial score (nSPS) is 13.5. The molecule has 3 rings (SSSR count). The molecule has 0 aliphatic carbocycles. The Morgan fingerprint density at radius 3 is 1.79 bits per heavy atom. The quantitative estimate of drug-likeness (QED) is 0.158. The molecule has 2 aromatic carbocycles. The Bertz CT molecular complexity index is 1030. The zero-order valence-corrected chi connectivity index (χ0v) is 25.5. The van der Waals surface area contributed by atoms with Crippen LogP contribution in [0.5, 0.6) is 0 Å². The summed E-state index contributed by atoms with van der Waals surface area (Å²) < 4.78 is 0. The van der Waals surface area contributed by atoms with E-state index in [4.69, 9.17) is 0 Å². The van der Waals surface area contributed by atoms with E-state index in [0.29, 0.717) is 0 Å². The first-order valence-electron chi connectivity index (χ1n) is 16.2. The summed E-state index contributed by atoms with van der Waals surface area (Å²) >= 11 is 0. The topological polar surface area (TPSA) is 6.48 Å². The second-order valence-electron chi connectivity index (χ2n) is 11.8. The summed E-state index contributed by atoms with van der Waals surface area (Å²) in [6, 6.07) is 13.4. The fourth-order valence-corrected chi connectivity index (χ4v) is 5.52. The molecule has 0 amide bonds. The molecule has 0 N–H and O–H groups in total. The van der Waals surface area contributed by atoms with Gasteiger partial charge in [-0.2, -0.15) is 0 Å². The second-order valence-corrected chi connectivity index (χ2v) is 11.8. The van der Waals surface area contributed by atoms with E-state index in [2.05, 4.69) is 97.7 Å². The number of hydrogen-bond donors (Lipinski definition) is 0. The van der Waals surface area contributed by atoms with Gasteiger partial charge in [0.05, 0.1) is 0 Å². The summed E-state index contributed by atoms with van der Waals surface area (Å²) in [4.78, 5) is 4.61. The number of anilines is 1. The summed E-state index contributed by atoms with van der Waals surface area (Å²) in [5.74, 6) is 0. The van der Waals surface area contributed by atoms with Gasteiger partial charge in [-0.3, -0.25) is 0 Å². The van der Waals surface area contributed by atoms with Crippen molar-refractivity contribution in [2.45, 2.75) is 110 Å². The third-order valence-corrected chi connectivity index (χ3v) is 8.17. The number of rotatable bonds is 20. The number of unbranched alkanes of at least 4 members (excludes halogenated alkanes) is 15. The highest BCUT2D eigenvalue weighted by molar-refractivity contribution is 5.87. The summed E-state index contributed by atoms with van der Waals surface area (Å²) in [5, 5.41) is 2.58. The van der Waals surface area contributed by atoms with E-state index in [9.17, 15) is 0 Å². The van der Waals surface area contributed by atoms with Crippen LogP contribution in [0.25, 0.3) is 16.8 Å². The van der Waals surface area contributed by atoms with Crippen LogP contribution in [0.3, 0.4) is 0 Å². The van der Waals surface area contributed by atoms with Crippen LogP contribution in [0, 0.1) is 0 Å². The number of allylic oxidation sites excluding steroid dienone is 3. The van der Waals surface area contributed by atoms with E-state index in [1.807, 2.05) is 0 Å². The van der Waals surface area contributed by atoms with Crippen molar-refractivity contribution >= 4 is 22.5 Å². The van der Waals surface area contributed by atoms with E-state index in [-0.39, 0.29) is 0 Å². The van der Waals surface area contributed by atoms with Crippen molar-refractivity contribution in [2.24, 2.45) is 0 Å². The van der Waals surface area contributed by atoms with Crippen LogP contribution in [0.2, 0.25) is 0 Å². The molecular formula is C37H56N2. The first-order chi connectivity index (χ1) is 19.2. The summed E-state index contributed by atoms with van der Waals surface area (Å²) in [5.41, 5.74) is 3.80. The lowest BCUT2D eigenvalue weighted by molar-refractivity contribution is 0.391. The van der Waals surface area contributed by atoms with Crippen LogP contribution in [0.1, 0.15) is 115 Å². The highest BCUT2D eigenvalue weighted by Gasteiger charge is 2.04. The van der Waals surface area contributed by atoms with Gasteiger partial charge < -0.3 is 9.80 Å². The number of hydrogen-bond acceptors (Lipinski definition) is 2. The Balaban J connectivity index is 1.19. The highest BCUT2D eigenvalue weighted by atomic mass is 15.1. The molecule has 2 nitrogen and oxygen atoms in total. The van der Waals surface area contributed by atoms with E-state index >= 15 is 0 Å². The molecule has 0 radical (unpaired) electrons. The minimum absolute atomic E-state index is 1.03.